The van der Waals surface area contributed by atoms with E-state index in [0.717, 1.165) is 36.0 Å². The summed E-state index contributed by atoms with van der Waals surface area (Å²) in [4.78, 5) is 22.9. The van der Waals surface area contributed by atoms with E-state index >= 15 is 0 Å². The van der Waals surface area contributed by atoms with Crippen molar-refractivity contribution < 1.29 is 4.79 Å². The number of hydrogen-bond acceptors (Lipinski definition) is 6. The molecule has 0 aliphatic carbocycles. The van der Waals surface area contributed by atoms with E-state index in [2.05, 4.69) is 25.5 Å². The molecule has 134 valence electrons. The molecule has 0 bridgehead atoms. The molecule has 0 unspecified atom stereocenters. The lowest BCUT2D eigenvalue weighted by Gasteiger charge is -2.33. The van der Waals surface area contributed by atoms with Crippen LogP contribution in [0.1, 0.15) is 21.2 Å². The van der Waals surface area contributed by atoms with Crippen molar-refractivity contribution >= 4 is 17.2 Å². The lowest BCUT2D eigenvalue weighted by Crippen LogP contribution is -2.48. The first-order valence-corrected chi connectivity index (χ1v) is 9.47. The molecule has 1 aliphatic rings. The molecular formula is C18H20N6OS. The van der Waals surface area contributed by atoms with E-state index in [0.29, 0.717) is 18.8 Å². The minimum Gasteiger partial charge on any atom is -0.335 e. The summed E-state index contributed by atoms with van der Waals surface area (Å²) in [7, 11) is 0. The third-order valence-electron chi connectivity index (χ3n) is 4.41. The zero-order valence-corrected chi connectivity index (χ0v) is 15.4. The van der Waals surface area contributed by atoms with Gasteiger partial charge in [-0.25, -0.2) is 4.98 Å². The predicted octanol–water partition coefficient (Wildman–Crippen LogP) is 1.99. The maximum Gasteiger partial charge on any atom is 0.276 e. The number of benzene rings is 1. The lowest BCUT2D eigenvalue weighted by atomic mass is 10.2. The smallest absolute Gasteiger partial charge is 0.276 e. The van der Waals surface area contributed by atoms with Gasteiger partial charge in [0, 0.05) is 38.1 Å². The summed E-state index contributed by atoms with van der Waals surface area (Å²) in [5.41, 5.74) is 2.34. The fourth-order valence-corrected chi connectivity index (χ4v) is 3.63. The van der Waals surface area contributed by atoms with Crippen LogP contribution in [0.25, 0.3) is 5.69 Å². The minimum absolute atomic E-state index is 0.0590. The number of para-hydroxylation sites is 1. The molecule has 1 amide bonds. The van der Waals surface area contributed by atoms with Gasteiger partial charge in [-0.3, -0.25) is 9.69 Å². The maximum absolute atomic E-state index is 12.7. The van der Waals surface area contributed by atoms with Crippen LogP contribution in [-0.4, -0.2) is 61.9 Å². The molecule has 0 N–H and O–H groups in total. The molecule has 7 nitrogen and oxygen atoms in total. The molecule has 26 heavy (non-hydrogen) atoms. The van der Waals surface area contributed by atoms with Crippen LogP contribution >= 0.6 is 11.3 Å². The zero-order valence-electron chi connectivity index (χ0n) is 14.6. The first-order valence-electron chi connectivity index (χ1n) is 8.59. The molecule has 3 aromatic rings. The molecule has 0 saturated carbocycles. The average Bonchev–Trinajstić information content (AvgIpc) is 3.32. The van der Waals surface area contributed by atoms with E-state index in [1.54, 1.807) is 17.5 Å². The molecule has 1 saturated heterocycles. The number of carbonyl (C=O) groups excluding carboxylic acids is 1. The number of hydrogen-bond donors (Lipinski definition) is 0. The van der Waals surface area contributed by atoms with Gasteiger partial charge in [0.05, 0.1) is 22.6 Å². The van der Waals surface area contributed by atoms with Crippen LogP contribution in [0.3, 0.4) is 0 Å². The predicted molar refractivity (Wildman–Crippen MR) is 99.4 cm³/mol. The van der Waals surface area contributed by atoms with Gasteiger partial charge in [0.1, 0.15) is 0 Å². The highest BCUT2D eigenvalue weighted by molar-refractivity contribution is 7.09. The Hall–Kier alpha value is -2.58. The zero-order chi connectivity index (χ0) is 17.9. The third-order valence-corrected chi connectivity index (χ3v) is 5.23. The van der Waals surface area contributed by atoms with Gasteiger partial charge in [-0.2, -0.15) is 9.90 Å². The largest absolute Gasteiger partial charge is 0.335 e. The van der Waals surface area contributed by atoms with Crippen molar-refractivity contribution in [3.8, 4) is 5.69 Å². The summed E-state index contributed by atoms with van der Waals surface area (Å²) in [6.45, 7) is 5.94. The number of amides is 1. The van der Waals surface area contributed by atoms with E-state index in [-0.39, 0.29) is 5.91 Å². The summed E-state index contributed by atoms with van der Waals surface area (Å²) in [5.74, 6) is -0.0590. The molecule has 1 fully saturated rings. The van der Waals surface area contributed by atoms with Crippen LogP contribution in [0, 0.1) is 6.92 Å². The van der Waals surface area contributed by atoms with Gasteiger partial charge in [0.2, 0.25) is 0 Å². The average molecular weight is 368 g/mol. The minimum atomic E-state index is -0.0590. The van der Waals surface area contributed by atoms with Gasteiger partial charge in [-0.15, -0.1) is 16.4 Å². The molecular weight excluding hydrogens is 348 g/mol. The Balaban J connectivity index is 1.36. The van der Waals surface area contributed by atoms with Gasteiger partial charge >= 0.3 is 0 Å². The summed E-state index contributed by atoms with van der Waals surface area (Å²) in [6, 6.07) is 9.60. The quantitative estimate of drug-likeness (QED) is 0.705. The topological polar surface area (TPSA) is 67.2 Å². The highest BCUT2D eigenvalue weighted by atomic mass is 32.1. The third kappa shape index (κ3) is 3.66. The Bertz CT molecular complexity index is 882. The fraction of sp³-hybridized carbons (Fsp3) is 0.333. The standard InChI is InChI=1S/C18H20N6OS/c1-14-20-15(13-26-14)12-22-7-9-23(10-8-22)18(25)17-11-19-24(21-17)16-5-3-2-4-6-16/h2-6,11,13H,7-10,12H2,1H3. The first kappa shape index (κ1) is 16.9. The van der Waals surface area contributed by atoms with Crippen molar-refractivity contribution in [1.29, 1.82) is 0 Å². The first-order chi connectivity index (χ1) is 12.7. The number of carbonyl (C=O) groups is 1. The van der Waals surface area contributed by atoms with E-state index in [4.69, 9.17) is 0 Å². The summed E-state index contributed by atoms with van der Waals surface area (Å²) >= 11 is 1.68. The summed E-state index contributed by atoms with van der Waals surface area (Å²) < 4.78 is 0. The Morgan fingerprint density at radius 3 is 2.62 bits per heavy atom. The van der Waals surface area contributed by atoms with Crippen LogP contribution in [0.15, 0.2) is 41.9 Å². The van der Waals surface area contributed by atoms with Crippen molar-refractivity contribution in [3.05, 3.63) is 58.3 Å². The van der Waals surface area contributed by atoms with Crippen LogP contribution in [0.2, 0.25) is 0 Å². The van der Waals surface area contributed by atoms with Gasteiger partial charge < -0.3 is 4.90 Å². The van der Waals surface area contributed by atoms with E-state index in [1.165, 1.54) is 4.80 Å². The molecule has 1 aliphatic heterocycles. The van der Waals surface area contributed by atoms with Gasteiger partial charge in [-0.05, 0) is 19.1 Å². The van der Waals surface area contributed by atoms with Crippen molar-refractivity contribution in [2.75, 3.05) is 26.2 Å². The van der Waals surface area contributed by atoms with Crippen LogP contribution < -0.4 is 0 Å². The number of thiazole rings is 1. The Morgan fingerprint density at radius 1 is 1.15 bits per heavy atom. The second-order valence-electron chi connectivity index (χ2n) is 6.28. The number of aromatic nitrogens is 4. The molecule has 1 aromatic carbocycles. The Kier molecular flexibility index (Phi) is 4.77. The highest BCUT2D eigenvalue weighted by Gasteiger charge is 2.24. The number of piperazine rings is 1. The Labute approximate surface area is 155 Å². The molecule has 0 atom stereocenters. The van der Waals surface area contributed by atoms with Crippen LogP contribution in [-0.2, 0) is 6.54 Å². The molecule has 4 rings (SSSR count). The van der Waals surface area contributed by atoms with Crippen molar-refractivity contribution in [2.45, 2.75) is 13.5 Å². The highest BCUT2D eigenvalue weighted by Crippen LogP contribution is 2.13. The van der Waals surface area contributed by atoms with Crippen LogP contribution in [0.4, 0.5) is 0 Å². The molecule has 0 spiro atoms. The molecule has 3 heterocycles. The normalized spacial score (nSPS) is 15.3. The molecule has 8 heteroatoms. The monoisotopic (exact) mass is 368 g/mol. The Morgan fingerprint density at radius 2 is 1.92 bits per heavy atom. The molecule has 2 aromatic heterocycles. The van der Waals surface area contributed by atoms with Crippen LogP contribution in [0.5, 0.6) is 0 Å². The second kappa shape index (κ2) is 7.35. The van der Waals surface area contributed by atoms with Gasteiger partial charge in [0.15, 0.2) is 5.69 Å². The lowest BCUT2D eigenvalue weighted by molar-refractivity contribution is 0.0621. The molecule has 0 radical (unpaired) electrons. The van der Waals surface area contributed by atoms with E-state index in [9.17, 15) is 4.79 Å². The van der Waals surface area contributed by atoms with Gasteiger partial charge in [-0.1, -0.05) is 18.2 Å². The fourth-order valence-electron chi connectivity index (χ4n) is 3.03. The van der Waals surface area contributed by atoms with Crippen molar-refractivity contribution in [2.24, 2.45) is 0 Å². The van der Waals surface area contributed by atoms with E-state index < -0.39 is 0 Å². The van der Waals surface area contributed by atoms with Crippen molar-refractivity contribution in [1.82, 2.24) is 29.8 Å². The number of nitrogens with zero attached hydrogens (tertiary/aromatic N) is 6. The van der Waals surface area contributed by atoms with Crippen molar-refractivity contribution in [3.63, 3.8) is 0 Å². The SMILES string of the molecule is Cc1nc(CN2CCN(C(=O)c3cnn(-c4ccccc4)n3)CC2)cs1. The van der Waals surface area contributed by atoms with Gasteiger partial charge in [0.25, 0.3) is 5.91 Å². The van der Waals surface area contributed by atoms with E-state index in [1.807, 2.05) is 42.2 Å². The summed E-state index contributed by atoms with van der Waals surface area (Å²) in [6.07, 6.45) is 1.54. The summed E-state index contributed by atoms with van der Waals surface area (Å²) in [5, 5.41) is 11.8. The second-order valence-corrected chi connectivity index (χ2v) is 7.34. The number of aryl methyl sites for hydroxylation is 1. The maximum atomic E-state index is 12.7. The number of rotatable bonds is 4.